The van der Waals surface area contributed by atoms with E-state index in [9.17, 15) is 9.59 Å². The highest BCUT2D eigenvalue weighted by atomic mass is 32.1. The molecule has 1 aliphatic carbocycles. The minimum Gasteiger partial charge on any atom is -0.481 e. The number of carbonyl (C=O) groups excluding carboxylic acids is 1. The summed E-state index contributed by atoms with van der Waals surface area (Å²) < 4.78 is 0. The highest BCUT2D eigenvalue weighted by molar-refractivity contribution is 7.13. The number of hydrogen-bond donors (Lipinski definition) is 2. The summed E-state index contributed by atoms with van der Waals surface area (Å²) in [5, 5.41) is 13.8. The minimum atomic E-state index is -0.881. The van der Waals surface area contributed by atoms with Gasteiger partial charge in [-0.15, -0.1) is 11.3 Å². The lowest BCUT2D eigenvalue weighted by molar-refractivity contribution is -0.151. The van der Waals surface area contributed by atoms with Crippen molar-refractivity contribution in [2.24, 2.45) is 11.8 Å². The van der Waals surface area contributed by atoms with Crippen LogP contribution in [0.15, 0.2) is 41.8 Å². The van der Waals surface area contributed by atoms with Gasteiger partial charge in [-0.25, -0.2) is 0 Å². The van der Waals surface area contributed by atoms with Crippen LogP contribution in [0.2, 0.25) is 0 Å². The molecule has 0 aliphatic heterocycles. The number of carboxylic acid groups (broad SMARTS) is 1. The van der Waals surface area contributed by atoms with Crippen LogP contribution in [0, 0.1) is 11.8 Å². The second-order valence-electron chi connectivity index (χ2n) is 5.18. The van der Waals surface area contributed by atoms with E-state index >= 15 is 0 Å². The van der Waals surface area contributed by atoms with Crippen LogP contribution < -0.4 is 5.32 Å². The molecule has 1 fully saturated rings. The highest BCUT2D eigenvalue weighted by Gasteiger charge is 2.41. The summed E-state index contributed by atoms with van der Waals surface area (Å²) in [6.07, 6.45) is 1.23. The fourth-order valence-corrected chi connectivity index (χ4v) is 3.26. The van der Waals surface area contributed by atoms with Crippen molar-refractivity contribution in [3.63, 3.8) is 0 Å². The summed E-state index contributed by atoms with van der Waals surface area (Å²) in [6.45, 7) is 0. The molecule has 1 aromatic heterocycles. The van der Waals surface area contributed by atoms with E-state index in [0.717, 1.165) is 10.4 Å². The van der Waals surface area contributed by atoms with E-state index in [-0.39, 0.29) is 5.91 Å². The predicted octanol–water partition coefficient (Wildman–Crippen LogP) is 3.46. The van der Waals surface area contributed by atoms with E-state index in [1.165, 1.54) is 0 Å². The van der Waals surface area contributed by atoms with E-state index in [4.69, 9.17) is 5.11 Å². The number of thiophene rings is 1. The number of hydrogen-bond acceptors (Lipinski definition) is 3. The molecule has 2 unspecified atom stereocenters. The summed E-state index contributed by atoms with van der Waals surface area (Å²) in [5.74, 6) is -2.02. The van der Waals surface area contributed by atoms with Crippen molar-refractivity contribution in [3.05, 3.63) is 41.8 Å². The molecular weight excluding hydrogens is 286 g/mol. The molecule has 5 heteroatoms. The third kappa shape index (κ3) is 2.83. The monoisotopic (exact) mass is 301 g/mol. The highest BCUT2D eigenvalue weighted by Crippen LogP contribution is 2.35. The number of anilines is 1. The van der Waals surface area contributed by atoms with Gasteiger partial charge in [-0.1, -0.05) is 18.2 Å². The lowest BCUT2D eigenvalue weighted by Crippen LogP contribution is -2.41. The van der Waals surface area contributed by atoms with Gasteiger partial charge in [0.15, 0.2) is 0 Å². The topological polar surface area (TPSA) is 66.4 Å². The number of carboxylic acids is 1. The zero-order valence-electron chi connectivity index (χ0n) is 11.3. The van der Waals surface area contributed by atoms with Crippen molar-refractivity contribution in [1.29, 1.82) is 0 Å². The Morgan fingerprint density at radius 1 is 1.14 bits per heavy atom. The van der Waals surface area contributed by atoms with Crippen LogP contribution in [0.5, 0.6) is 0 Å². The summed E-state index contributed by atoms with van der Waals surface area (Å²) in [6, 6.07) is 11.6. The molecule has 0 radical (unpaired) electrons. The minimum absolute atomic E-state index is 0.197. The number of amides is 1. The second-order valence-corrected chi connectivity index (χ2v) is 6.12. The molecule has 1 aromatic carbocycles. The predicted molar refractivity (Wildman–Crippen MR) is 82.2 cm³/mol. The van der Waals surface area contributed by atoms with E-state index in [1.54, 1.807) is 11.3 Å². The number of carbonyl (C=O) groups is 2. The Morgan fingerprint density at radius 3 is 2.57 bits per heavy atom. The molecule has 2 atom stereocenters. The van der Waals surface area contributed by atoms with Gasteiger partial charge in [0, 0.05) is 10.6 Å². The second kappa shape index (κ2) is 5.69. The van der Waals surface area contributed by atoms with Crippen molar-refractivity contribution in [2.75, 3.05) is 5.32 Å². The maximum Gasteiger partial charge on any atom is 0.307 e. The summed E-state index contributed by atoms with van der Waals surface area (Å²) in [5.41, 5.74) is 1.76. The molecule has 2 N–H and O–H groups in total. The Bertz CT molecular complexity index is 666. The zero-order valence-corrected chi connectivity index (χ0v) is 12.1. The van der Waals surface area contributed by atoms with Crippen LogP contribution in [-0.4, -0.2) is 17.0 Å². The van der Waals surface area contributed by atoms with E-state index in [2.05, 4.69) is 5.32 Å². The Labute approximate surface area is 126 Å². The first kappa shape index (κ1) is 13.8. The molecule has 0 bridgehead atoms. The summed E-state index contributed by atoms with van der Waals surface area (Å²) in [7, 11) is 0. The molecule has 3 rings (SSSR count). The van der Waals surface area contributed by atoms with E-state index in [0.29, 0.717) is 18.5 Å². The van der Waals surface area contributed by atoms with Gasteiger partial charge in [0.05, 0.1) is 11.8 Å². The average Bonchev–Trinajstić information content (AvgIpc) is 2.90. The van der Waals surface area contributed by atoms with Crippen molar-refractivity contribution < 1.29 is 14.7 Å². The molecule has 1 aliphatic rings. The number of aliphatic carboxylic acids is 1. The van der Waals surface area contributed by atoms with Gasteiger partial charge in [-0.2, -0.15) is 0 Å². The first-order valence-electron chi connectivity index (χ1n) is 6.83. The maximum absolute atomic E-state index is 12.1. The fraction of sp³-hybridized carbons (Fsp3) is 0.250. The Balaban J connectivity index is 1.72. The van der Waals surface area contributed by atoms with Gasteiger partial charge in [0.1, 0.15) is 0 Å². The number of rotatable bonds is 4. The molecule has 108 valence electrons. The maximum atomic E-state index is 12.1. The molecule has 1 saturated carbocycles. The first-order valence-corrected chi connectivity index (χ1v) is 7.71. The van der Waals surface area contributed by atoms with Crippen molar-refractivity contribution in [3.8, 4) is 10.4 Å². The van der Waals surface area contributed by atoms with Crippen molar-refractivity contribution in [1.82, 2.24) is 0 Å². The Kier molecular flexibility index (Phi) is 3.75. The quantitative estimate of drug-likeness (QED) is 0.908. The Hall–Kier alpha value is -2.14. The van der Waals surface area contributed by atoms with Gasteiger partial charge in [0.25, 0.3) is 0 Å². The lowest BCUT2D eigenvalue weighted by atomic mass is 9.73. The first-order chi connectivity index (χ1) is 10.1. The molecule has 0 saturated heterocycles. The van der Waals surface area contributed by atoms with Gasteiger partial charge < -0.3 is 10.4 Å². The molecular formula is C16H15NO3S. The molecule has 4 nitrogen and oxygen atoms in total. The van der Waals surface area contributed by atoms with Crippen LogP contribution in [0.25, 0.3) is 10.4 Å². The SMILES string of the molecule is O=C(O)C1CCC1C(=O)Nc1cccc(-c2cccs2)c1. The van der Waals surface area contributed by atoms with Crippen LogP contribution in [0.4, 0.5) is 5.69 Å². The third-order valence-corrected chi connectivity index (χ3v) is 4.78. The van der Waals surface area contributed by atoms with Gasteiger partial charge >= 0.3 is 5.97 Å². The normalized spacial score (nSPS) is 20.6. The zero-order chi connectivity index (χ0) is 14.8. The molecule has 0 spiro atoms. The van der Waals surface area contributed by atoms with Crippen LogP contribution in [0.1, 0.15) is 12.8 Å². The molecule has 1 heterocycles. The summed E-state index contributed by atoms with van der Waals surface area (Å²) in [4.78, 5) is 24.3. The van der Waals surface area contributed by atoms with E-state index < -0.39 is 17.8 Å². The average molecular weight is 301 g/mol. The number of benzene rings is 1. The van der Waals surface area contributed by atoms with E-state index in [1.807, 2.05) is 41.8 Å². The lowest BCUT2D eigenvalue weighted by Gasteiger charge is -2.31. The van der Waals surface area contributed by atoms with Crippen LogP contribution >= 0.6 is 11.3 Å². The van der Waals surface area contributed by atoms with Gasteiger partial charge in [0.2, 0.25) is 5.91 Å². The van der Waals surface area contributed by atoms with Crippen molar-refractivity contribution >= 4 is 28.9 Å². The van der Waals surface area contributed by atoms with Gasteiger partial charge in [-0.3, -0.25) is 9.59 Å². The van der Waals surface area contributed by atoms with Crippen LogP contribution in [0.3, 0.4) is 0 Å². The van der Waals surface area contributed by atoms with Crippen LogP contribution in [-0.2, 0) is 9.59 Å². The fourth-order valence-electron chi connectivity index (χ4n) is 2.54. The summed E-state index contributed by atoms with van der Waals surface area (Å²) >= 11 is 1.64. The third-order valence-electron chi connectivity index (χ3n) is 3.86. The standard InChI is InChI=1S/C16H15NO3S/c18-15(12-6-7-13(12)16(19)20)17-11-4-1-3-10(9-11)14-5-2-8-21-14/h1-5,8-9,12-13H,6-7H2,(H,17,18)(H,19,20). The molecule has 2 aromatic rings. The Morgan fingerprint density at radius 2 is 1.95 bits per heavy atom. The molecule has 1 amide bonds. The largest absolute Gasteiger partial charge is 0.481 e. The van der Waals surface area contributed by atoms with Gasteiger partial charge in [-0.05, 0) is 42.0 Å². The molecule has 21 heavy (non-hydrogen) atoms. The smallest absolute Gasteiger partial charge is 0.307 e. The van der Waals surface area contributed by atoms with Crippen molar-refractivity contribution in [2.45, 2.75) is 12.8 Å². The number of nitrogens with one attached hydrogen (secondary N) is 1.